The van der Waals surface area contributed by atoms with Crippen molar-refractivity contribution in [1.82, 2.24) is 0 Å². The van der Waals surface area contributed by atoms with Crippen LogP contribution in [0.3, 0.4) is 0 Å². The SMILES string of the molecule is COCCCCCC1CCC([Si]2CCC(C(=O)O)CC2)CC1. The van der Waals surface area contributed by atoms with E-state index in [9.17, 15) is 4.79 Å². The molecule has 1 aliphatic heterocycles. The third kappa shape index (κ3) is 5.69. The lowest BCUT2D eigenvalue weighted by molar-refractivity contribution is -0.142. The number of unbranched alkanes of at least 4 members (excludes halogenated alkanes) is 2. The van der Waals surface area contributed by atoms with Crippen molar-refractivity contribution in [3.05, 3.63) is 0 Å². The Morgan fingerprint density at radius 1 is 1.05 bits per heavy atom. The van der Waals surface area contributed by atoms with E-state index in [0.29, 0.717) is 0 Å². The molecule has 0 aromatic heterocycles. The zero-order chi connectivity index (χ0) is 15.8. The monoisotopic (exact) mass is 325 g/mol. The standard InChI is InChI=1S/C18H33O3Si/c1-21-12-4-2-3-5-15-6-8-17(9-7-15)22-13-10-16(11-14-22)18(19)20/h15-17H,2-14H2,1H3,(H,19,20). The molecule has 1 saturated heterocycles. The fourth-order valence-corrected chi connectivity index (χ4v) is 8.01. The summed E-state index contributed by atoms with van der Waals surface area (Å²) in [6, 6.07) is 2.52. The topological polar surface area (TPSA) is 46.5 Å². The number of carboxylic acids is 1. The summed E-state index contributed by atoms with van der Waals surface area (Å²) in [5.74, 6) is 0.382. The van der Waals surface area contributed by atoms with E-state index >= 15 is 0 Å². The fraction of sp³-hybridized carbons (Fsp3) is 0.944. The molecule has 22 heavy (non-hydrogen) atoms. The number of ether oxygens (including phenoxy) is 1. The van der Waals surface area contributed by atoms with Gasteiger partial charge in [-0.15, -0.1) is 0 Å². The third-order valence-corrected chi connectivity index (χ3v) is 9.46. The van der Waals surface area contributed by atoms with Crippen LogP contribution in [-0.2, 0) is 9.53 Å². The molecule has 127 valence electrons. The zero-order valence-corrected chi connectivity index (χ0v) is 15.2. The molecule has 2 aliphatic rings. The van der Waals surface area contributed by atoms with Crippen LogP contribution in [0.25, 0.3) is 0 Å². The van der Waals surface area contributed by atoms with E-state index in [1.54, 1.807) is 7.11 Å². The molecule has 1 N–H and O–H groups in total. The minimum atomic E-state index is -0.557. The van der Waals surface area contributed by atoms with Gasteiger partial charge >= 0.3 is 5.97 Å². The van der Waals surface area contributed by atoms with E-state index in [1.807, 2.05) is 0 Å². The largest absolute Gasteiger partial charge is 0.481 e. The van der Waals surface area contributed by atoms with Crippen LogP contribution in [0.15, 0.2) is 0 Å². The first-order chi connectivity index (χ1) is 10.7. The molecule has 1 heterocycles. The van der Waals surface area contributed by atoms with Gasteiger partial charge in [-0.05, 0) is 30.7 Å². The molecule has 0 aromatic carbocycles. The molecule has 0 spiro atoms. The lowest BCUT2D eigenvalue weighted by Gasteiger charge is -2.36. The van der Waals surface area contributed by atoms with Gasteiger partial charge in [-0.3, -0.25) is 4.79 Å². The Kier molecular flexibility index (Phi) is 7.94. The Labute approximate surface area is 137 Å². The van der Waals surface area contributed by atoms with Crippen molar-refractivity contribution >= 4 is 14.8 Å². The van der Waals surface area contributed by atoms with Crippen LogP contribution >= 0.6 is 0 Å². The summed E-state index contributed by atoms with van der Waals surface area (Å²) in [7, 11) is 1.54. The lowest BCUT2D eigenvalue weighted by atomic mass is 9.85. The molecule has 1 aliphatic carbocycles. The van der Waals surface area contributed by atoms with Crippen molar-refractivity contribution in [2.45, 2.75) is 81.8 Å². The third-order valence-electron chi connectivity index (χ3n) is 5.86. The predicted molar refractivity (Wildman–Crippen MR) is 91.8 cm³/mol. The molecule has 0 unspecified atom stereocenters. The summed E-state index contributed by atoms with van der Waals surface area (Å²) in [6.45, 7) is 0.913. The molecular weight excluding hydrogens is 292 g/mol. The number of rotatable bonds is 8. The second-order valence-corrected chi connectivity index (χ2v) is 10.5. The van der Waals surface area contributed by atoms with Gasteiger partial charge in [0.25, 0.3) is 0 Å². The number of carbonyl (C=O) groups is 1. The van der Waals surface area contributed by atoms with Gasteiger partial charge < -0.3 is 9.84 Å². The van der Waals surface area contributed by atoms with Crippen molar-refractivity contribution < 1.29 is 14.6 Å². The second kappa shape index (κ2) is 9.71. The Morgan fingerprint density at radius 2 is 1.73 bits per heavy atom. The smallest absolute Gasteiger partial charge is 0.306 e. The van der Waals surface area contributed by atoms with Gasteiger partial charge in [-0.25, -0.2) is 0 Å². The minimum Gasteiger partial charge on any atom is -0.481 e. The fourth-order valence-electron chi connectivity index (χ4n) is 4.36. The van der Waals surface area contributed by atoms with E-state index in [-0.39, 0.29) is 14.7 Å². The van der Waals surface area contributed by atoms with Crippen molar-refractivity contribution in [2.75, 3.05) is 13.7 Å². The second-order valence-electron chi connectivity index (χ2n) is 7.33. The van der Waals surface area contributed by atoms with Crippen LogP contribution in [-0.4, -0.2) is 33.6 Å². The zero-order valence-electron chi connectivity index (χ0n) is 14.2. The number of carboxylic acid groups (broad SMARTS) is 1. The summed E-state index contributed by atoms with van der Waals surface area (Å²) in [6.07, 6.45) is 13.0. The van der Waals surface area contributed by atoms with Crippen LogP contribution in [0.1, 0.15) is 64.2 Å². The molecule has 0 bridgehead atoms. The highest BCUT2D eigenvalue weighted by molar-refractivity contribution is 6.60. The van der Waals surface area contributed by atoms with Crippen LogP contribution in [0.2, 0.25) is 17.6 Å². The highest BCUT2D eigenvalue weighted by atomic mass is 28.3. The number of aliphatic carboxylic acids is 1. The number of hydrogen-bond acceptors (Lipinski definition) is 2. The molecule has 4 heteroatoms. The quantitative estimate of drug-likeness (QED) is 0.518. The van der Waals surface area contributed by atoms with Gasteiger partial charge in [-0.2, -0.15) is 0 Å². The summed E-state index contributed by atoms with van der Waals surface area (Å²) < 4.78 is 5.10. The van der Waals surface area contributed by atoms with Crippen molar-refractivity contribution in [3.8, 4) is 0 Å². The predicted octanol–water partition coefficient (Wildman–Crippen LogP) is 4.74. The molecule has 1 saturated carbocycles. The summed E-state index contributed by atoms with van der Waals surface area (Å²) in [4.78, 5) is 11.0. The molecule has 2 rings (SSSR count). The number of methoxy groups -OCH3 is 1. The first kappa shape index (κ1) is 18.0. The van der Waals surface area contributed by atoms with Crippen molar-refractivity contribution in [2.24, 2.45) is 11.8 Å². The Balaban J connectivity index is 1.58. The average molecular weight is 326 g/mol. The van der Waals surface area contributed by atoms with Gasteiger partial charge in [0, 0.05) is 13.7 Å². The highest BCUT2D eigenvalue weighted by Crippen LogP contribution is 2.42. The highest BCUT2D eigenvalue weighted by Gasteiger charge is 2.33. The van der Waals surface area contributed by atoms with Gasteiger partial charge in [0.1, 0.15) is 0 Å². The molecule has 2 fully saturated rings. The maximum absolute atomic E-state index is 11.0. The first-order valence-corrected chi connectivity index (χ1v) is 11.3. The normalized spacial score (nSPS) is 27.9. The average Bonchev–Trinajstić information content (AvgIpc) is 2.55. The molecule has 0 aromatic rings. The van der Waals surface area contributed by atoms with Crippen LogP contribution < -0.4 is 0 Å². The van der Waals surface area contributed by atoms with E-state index in [0.717, 1.165) is 30.9 Å². The van der Waals surface area contributed by atoms with E-state index < -0.39 is 5.97 Å². The summed E-state index contributed by atoms with van der Waals surface area (Å²) in [5, 5.41) is 9.11. The van der Waals surface area contributed by atoms with Gasteiger partial charge in [0.05, 0.1) is 14.7 Å². The van der Waals surface area contributed by atoms with Crippen molar-refractivity contribution in [1.29, 1.82) is 0 Å². The minimum absolute atomic E-state index is 0.0304. The van der Waals surface area contributed by atoms with Crippen LogP contribution in [0.4, 0.5) is 0 Å². The van der Waals surface area contributed by atoms with Gasteiger partial charge in [0.2, 0.25) is 0 Å². The maximum atomic E-state index is 11.0. The molecule has 0 amide bonds. The van der Waals surface area contributed by atoms with Gasteiger partial charge in [0.15, 0.2) is 0 Å². The van der Waals surface area contributed by atoms with E-state index in [2.05, 4.69) is 0 Å². The Hall–Kier alpha value is -0.353. The maximum Gasteiger partial charge on any atom is 0.306 e. The van der Waals surface area contributed by atoms with Crippen LogP contribution in [0, 0.1) is 11.8 Å². The molecular formula is C18H33O3Si. The first-order valence-electron chi connectivity index (χ1n) is 9.27. The van der Waals surface area contributed by atoms with Crippen LogP contribution in [0.5, 0.6) is 0 Å². The lowest BCUT2D eigenvalue weighted by Crippen LogP contribution is -2.31. The van der Waals surface area contributed by atoms with Gasteiger partial charge in [-0.1, -0.05) is 57.0 Å². The summed E-state index contributed by atoms with van der Waals surface area (Å²) in [5.41, 5.74) is 0.990. The Morgan fingerprint density at radius 3 is 2.32 bits per heavy atom. The van der Waals surface area contributed by atoms with E-state index in [1.165, 1.54) is 63.5 Å². The molecule has 0 atom stereocenters. The molecule has 1 radical (unpaired) electrons. The van der Waals surface area contributed by atoms with E-state index in [4.69, 9.17) is 9.84 Å². The molecule has 3 nitrogen and oxygen atoms in total. The summed E-state index contributed by atoms with van der Waals surface area (Å²) >= 11 is 0. The number of hydrogen-bond donors (Lipinski definition) is 1. The Bertz CT molecular complexity index is 318. The van der Waals surface area contributed by atoms with Crippen molar-refractivity contribution in [3.63, 3.8) is 0 Å².